The summed E-state index contributed by atoms with van der Waals surface area (Å²) in [6.07, 6.45) is 1.19. The number of amides is 1. The van der Waals surface area contributed by atoms with Crippen molar-refractivity contribution in [2.24, 2.45) is 10.3 Å². The van der Waals surface area contributed by atoms with Gasteiger partial charge in [0.05, 0.1) is 5.69 Å². The zero-order valence-corrected chi connectivity index (χ0v) is 9.95. The number of hydrogen-bond donors (Lipinski definition) is 2. The molecule has 7 nitrogen and oxygen atoms in total. The molecular formula is C12H11N5O2. The molecule has 0 aromatic heterocycles. The lowest BCUT2D eigenvalue weighted by molar-refractivity contribution is -0.110. The van der Waals surface area contributed by atoms with E-state index in [1.807, 2.05) is 0 Å². The van der Waals surface area contributed by atoms with Crippen LogP contribution in [-0.4, -0.2) is 23.9 Å². The van der Waals surface area contributed by atoms with E-state index in [1.54, 1.807) is 24.3 Å². The highest BCUT2D eigenvalue weighted by molar-refractivity contribution is 6.31. The molecule has 0 aliphatic carbocycles. The average Bonchev–Trinajstić information content (AvgIpc) is 2.40. The predicted octanol–water partition coefficient (Wildman–Crippen LogP) is 2.14. The van der Waals surface area contributed by atoms with Crippen molar-refractivity contribution in [2.75, 3.05) is 11.9 Å². The standard InChI is InChI=1S/C12H11N5O2/c13-17-14-8-4-3-6-10-5-1-2-7-11(10)16-12(18)9-15-19/h1-2,5,7,9,19H,4,8H2,(H,16,18). The molecule has 2 N–H and O–H groups in total. The SMILES string of the molecule is [N-]=[N+]=NCCC#Cc1ccccc1NC(=O)C=NO. The van der Waals surface area contributed by atoms with E-state index in [0.717, 1.165) is 6.21 Å². The van der Waals surface area contributed by atoms with E-state index in [2.05, 4.69) is 32.3 Å². The van der Waals surface area contributed by atoms with Crippen molar-refractivity contribution in [3.63, 3.8) is 0 Å². The number of carbonyl (C=O) groups excluding carboxylic acids is 1. The second-order valence-electron chi connectivity index (χ2n) is 3.29. The zero-order valence-electron chi connectivity index (χ0n) is 9.95. The van der Waals surface area contributed by atoms with Gasteiger partial charge < -0.3 is 10.5 Å². The van der Waals surface area contributed by atoms with E-state index in [1.165, 1.54) is 0 Å². The molecule has 0 heterocycles. The molecular weight excluding hydrogens is 246 g/mol. The number of oxime groups is 1. The third-order valence-corrected chi connectivity index (χ3v) is 1.98. The van der Waals surface area contributed by atoms with Crippen molar-refractivity contribution >= 4 is 17.8 Å². The van der Waals surface area contributed by atoms with Gasteiger partial charge in [0.1, 0.15) is 6.21 Å². The second kappa shape index (κ2) is 8.17. The molecule has 19 heavy (non-hydrogen) atoms. The molecule has 0 saturated carbocycles. The fourth-order valence-corrected chi connectivity index (χ4v) is 1.23. The topological polar surface area (TPSA) is 110 Å². The van der Waals surface area contributed by atoms with Crippen molar-refractivity contribution in [1.82, 2.24) is 0 Å². The lowest BCUT2D eigenvalue weighted by atomic mass is 10.1. The number of para-hydroxylation sites is 1. The summed E-state index contributed by atoms with van der Waals surface area (Å²) in [6.45, 7) is 0.301. The first-order valence-corrected chi connectivity index (χ1v) is 5.35. The Balaban J connectivity index is 2.77. The van der Waals surface area contributed by atoms with Crippen LogP contribution in [0.2, 0.25) is 0 Å². The minimum atomic E-state index is -0.550. The van der Waals surface area contributed by atoms with Gasteiger partial charge in [0.15, 0.2) is 0 Å². The molecule has 0 spiro atoms. The first-order valence-electron chi connectivity index (χ1n) is 5.35. The van der Waals surface area contributed by atoms with Gasteiger partial charge in [-0.2, -0.15) is 0 Å². The van der Waals surface area contributed by atoms with Crippen molar-refractivity contribution in [3.05, 3.63) is 40.3 Å². The lowest BCUT2D eigenvalue weighted by Gasteiger charge is -2.03. The van der Waals surface area contributed by atoms with Crippen LogP contribution in [0, 0.1) is 11.8 Å². The van der Waals surface area contributed by atoms with Gasteiger partial charge in [-0.3, -0.25) is 4.79 Å². The van der Waals surface area contributed by atoms with Gasteiger partial charge in [0.2, 0.25) is 0 Å². The Morgan fingerprint density at radius 3 is 3.05 bits per heavy atom. The normalized spacial score (nSPS) is 9.26. The first-order chi connectivity index (χ1) is 9.27. The van der Waals surface area contributed by atoms with Crippen LogP contribution in [0.1, 0.15) is 12.0 Å². The van der Waals surface area contributed by atoms with Gasteiger partial charge in [0, 0.05) is 23.4 Å². The third-order valence-electron chi connectivity index (χ3n) is 1.98. The molecule has 7 heteroatoms. The van der Waals surface area contributed by atoms with Crippen LogP contribution in [0.25, 0.3) is 10.4 Å². The Bertz CT molecular complexity index is 579. The number of hydrogen-bond acceptors (Lipinski definition) is 4. The van der Waals surface area contributed by atoms with Crippen LogP contribution >= 0.6 is 0 Å². The molecule has 1 aromatic carbocycles. The molecule has 1 rings (SSSR count). The Hall–Kier alpha value is -2.97. The number of benzene rings is 1. The molecule has 96 valence electrons. The minimum Gasteiger partial charge on any atom is -0.411 e. The summed E-state index contributed by atoms with van der Waals surface area (Å²) in [5, 5.41) is 16.8. The molecule has 0 fully saturated rings. The molecule has 1 aromatic rings. The van der Waals surface area contributed by atoms with Crippen LogP contribution in [-0.2, 0) is 4.79 Å². The third kappa shape index (κ3) is 5.26. The molecule has 0 radical (unpaired) electrons. The van der Waals surface area contributed by atoms with Crippen molar-refractivity contribution < 1.29 is 10.0 Å². The van der Waals surface area contributed by atoms with Gasteiger partial charge in [-0.1, -0.05) is 34.2 Å². The van der Waals surface area contributed by atoms with Crippen molar-refractivity contribution in [1.29, 1.82) is 0 Å². The van der Waals surface area contributed by atoms with E-state index in [0.29, 0.717) is 24.2 Å². The summed E-state index contributed by atoms with van der Waals surface area (Å²) >= 11 is 0. The Labute approximate surface area is 109 Å². The van der Waals surface area contributed by atoms with E-state index < -0.39 is 5.91 Å². The first kappa shape index (κ1) is 14.1. The Morgan fingerprint density at radius 1 is 1.53 bits per heavy atom. The summed E-state index contributed by atoms with van der Waals surface area (Å²) in [6, 6.07) is 6.96. The zero-order chi connectivity index (χ0) is 13.9. The molecule has 0 aliphatic rings. The molecule has 0 aliphatic heterocycles. The quantitative estimate of drug-likeness (QED) is 0.126. The van der Waals surface area contributed by atoms with Gasteiger partial charge in [-0.05, 0) is 17.7 Å². The second-order valence-corrected chi connectivity index (χ2v) is 3.29. The van der Waals surface area contributed by atoms with Crippen LogP contribution in [0.15, 0.2) is 34.5 Å². The van der Waals surface area contributed by atoms with Gasteiger partial charge in [-0.15, -0.1) is 0 Å². The fraction of sp³-hybridized carbons (Fsp3) is 0.167. The van der Waals surface area contributed by atoms with E-state index in [4.69, 9.17) is 10.7 Å². The maximum Gasteiger partial charge on any atom is 0.270 e. The summed E-state index contributed by atoms with van der Waals surface area (Å²) in [5.74, 6) is 5.15. The van der Waals surface area contributed by atoms with Gasteiger partial charge in [0.25, 0.3) is 5.91 Å². The average molecular weight is 257 g/mol. The monoisotopic (exact) mass is 257 g/mol. The van der Waals surface area contributed by atoms with Gasteiger partial charge in [-0.25, -0.2) is 0 Å². The van der Waals surface area contributed by atoms with Crippen LogP contribution in [0.5, 0.6) is 0 Å². The summed E-state index contributed by atoms with van der Waals surface area (Å²) < 4.78 is 0. The predicted molar refractivity (Wildman–Crippen MR) is 70.9 cm³/mol. The van der Waals surface area contributed by atoms with Gasteiger partial charge >= 0.3 is 0 Å². The fourth-order valence-electron chi connectivity index (χ4n) is 1.23. The highest BCUT2D eigenvalue weighted by Gasteiger charge is 2.02. The molecule has 0 saturated heterocycles. The van der Waals surface area contributed by atoms with E-state index in [9.17, 15) is 4.79 Å². The number of carbonyl (C=O) groups is 1. The number of anilines is 1. The van der Waals surface area contributed by atoms with Crippen LogP contribution < -0.4 is 5.32 Å². The summed E-state index contributed by atoms with van der Waals surface area (Å²) in [5.41, 5.74) is 9.25. The van der Waals surface area contributed by atoms with E-state index >= 15 is 0 Å². The molecule has 0 bridgehead atoms. The number of rotatable bonds is 4. The summed E-state index contributed by atoms with van der Waals surface area (Å²) in [4.78, 5) is 13.9. The maximum absolute atomic E-state index is 11.3. The van der Waals surface area contributed by atoms with Crippen molar-refractivity contribution in [3.8, 4) is 11.8 Å². The summed E-state index contributed by atoms with van der Waals surface area (Å²) in [7, 11) is 0. The number of nitrogens with zero attached hydrogens (tertiary/aromatic N) is 4. The maximum atomic E-state index is 11.3. The highest BCUT2D eigenvalue weighted by atomic mass is 16.4. The molecule has 0 atom stereocenters. The Kier molecular flexibility index (Phi) is 6.06. The minimum absolute atomic E-state index is 0.301. The molecule has 0 unspecified atom stereocenters. The Morgan fingerprint density at radius 2 is 2.32 bits per heavy atom. The highest BCUT2D eigenvalue weighted by Crippen LogP contribution is 2.13. The lowest BCUT2D eigenvalue weighted by Crippen LogP contribution is -2.13. The number of nitrogens with one attached hydrogen (secondary N) is 1. The smallest absolute Gasteiger partial charge is 0.270 e. The van der Waals surface area contributed by atoms with Crippen LogP contribution in [0.4, 0.5) is 5.69 Å². The van der Waals surface area contributed by atoms with E-state index in [-0.39, 0.29) is 0 Å². The number of azide groups is 1. The molecule has 1 amide bonds. The van der Waals surface area contributed by atoms with Crippen molar-refractivity contribution in [2.45, 2.75) is 6.42 Å². The van der Waals surface area contributed by atoms with Crippen LogP contribution in [0.3, 0.4) is 0 Å². The largest absolute Gasteiger partial charge is 0.411 e.